The molecule has 2 saturated heterocycles. The molecule has 5 heterocycles. The fourth-order valence-electron chi connectivity index (χ4n) is 4.84. The minimum absolute atomic E-state index is 0.108. The van der Waals surface area contributed by atoms with Gasteiger partial charge in [0.15, 0.2) is 5.82 Å². The van der Waals surface area contributed by atoms with Crippen LogP contribution in [-0.2, 0) is 11.3 Å². The van der Waals surface area contributed by atoms with Gasteiger partial charge in [-0.1, -0.05) is 11.3 Å². The second kappa shape index (κ2) is 9.41. The van der Waals surface area contributed by atoms with Gasteiger partial charge in [-0.25, -0.2) is 26.8 Å². The van der Waals surface area contributed by atoms with Crippen molar-refractivity contribution in [3.05, 3.63) is 30.2 Å². The molecule has 1 aromatic carbocycles. The Balaban J connectivity index is 1.37. The van der Waals surface area contributed by atoms with Gasteiger partial charge in [0.05, 0.1) is 53.7 Å². The molecule has 2 atom stereocenters. The molecule has 2 aliphatic heterocycles. The summed E-state index contributed by atoms with van der Waals surface area (Å²) in [5.41, 5.74) is 0.524. The van der Waals surface area contributed by atoms with Crippen LogP contribution < -0.4 is 10.1 Å². The Bertz CT molecular complexity index is 1540. The molecule has 10 nitrogen and oxygen atoms in total. The minimum Gasteiger partial charge on any atom is -0.479 e. The highest BCUT2D eigenvalue weighted by molar-refractivity contribution is 5.89. The Kier molecular flexibility index (Phi) is 5.22. The molecular weight excluding hydrogens is 496 g/mol. The van der Waals surface area contributed by atoms with E-state index in [9.17, 15) is 8.78 Å². The lowest BCUT2D eigenvalue weighted by Gasteiger charge is -2.42. The van der Waals surface area contributed by atoms with Crippen LogP contribution in [0.25, 0.3) is 27.7 Å². The summed E-state index contributed by atoms with van der Waals surface area (Å²) in [7, 11) is -2.95. The van der Waals surface area contributed by atoms with Crippen LogP contribution >= 0.6 is 0 Å². The number of aromatic nitrogens is 6. The van der Waals surface area contributed by atoms with Gasteiger partial charge in [0, 0.05) is 13.1 Å². The summed E-state index contributed by atoms with van der Waals surface area (Å²) in [4.78, 5) is 6.20. The number of ether oxygens (including phenoxy) is 2. The highest BCUT2D eigenvalue weighted by Gasteiger charge is 2.36. The largest absolute Gasteiger partial charge is 0.479 e. The highest BCUT2D eigenvalue weighted by atomic mass is 19.3. The molecule has 0 saturated carbocycles. The predicted molar refractivity (Wildman–Crippen MR) is 125 cm³/mol. The number of halogens is 4. The van der Waals surface area contributed by atoms with E-state index in [-0.39, 0.29) is 40.7 Å². The number of hydrogen-bond acceptors (Lipinski definition) is 8. The van der Waals surface area contributed by atoms with Gasteiger partial charge >= 0.3 is 0 Å². The lowest BCUT2D eigenvalue weighted by molar-refractivity contribution is -0.0794. The molecule has 4 aromatic rings. The van der Waals surface area contributed by atoms with Crippen LogP contribution in [-0.4, -0.2) is 92.5 Å². The Morgan fingerprint density at radius 2 is 2.19 bits per heavy atom. The summed E-state index contributed by atoms with van der Waals surface area (Å²) in [6.45, 7) is 1.23. The van der Waals surface area contributed by atoms with Crippen molar-refractivity contribution in [3.63, 3.8) is 0 Å². The molecule has 14 heteroatoms. The van der Waals surface area contributed by atoms with E-state index in [4.69, 9.17) is 13.6 Å². The topological polar surface area (TPSA) is 94.6 Å². The first kappa shape index (κ1) is 20.5. The minimum atomic E-state index is -2.95. The first-order valence-electron chi connectivity index (χ1n) is 13.2. The average molecular weight is 524 g/mol. The zero-order valence-corrected chi connectivity index (χ0v) is 19.3. The van der Waals surface area contributed by atoms with Crippen LogP contribution in [0.4, 0.5) is 23.5 Å². The van der Waals surface area contributed by atoms with Gasteiger partial charge in [0.1, 0.15) is 23.7 Å². The average Bonchev–Trinajstić information content (AvgIpc) is 3.38. The number of rotatable bonds is 7. The zero-order valence-electron chi connectivity index (χ0n) is 22.3. The summed E-state index contributed by atoms with van der Waals surface area (Å²) in [6.07, 6.45) is -2.52. The Morgan fingerprint density at radius 1 is 1.32 bits per heavy atom. The molecular formula is C23H24F4N8O2. The summed E-state index contributed by atoms with van der Waals surface area (Å²) in [5.74, 6) is -1.40. The van der Waals surface area contributed by atoms with Crippen molar-refractivity contribution in [3.8, 4) is 17.0 Å². The summed E-state index contributed by atoms with van der Waals surface area (Å²) >= 11 is 0. The number of benzene rings is 1. The van der Waals surface area contributed by atoms with Crippen LogP contribution in [0.3, 0.4) is 0 Å². The quantitative estimate of drug-likeness (QED) is 0.370. The third kappa shape index (κ3) is 4.33. The van der Waals surface area contributed by atoms with E-state index in [1.54, 1.807) is 0 Å². The maximum atomic E-state index is 15.4. The number of anilines is 1. The van der Waals surface area contributed by atoms with E-state index in [1.807, 2.05) is 4.90 Å². The van der Waals surface area contributed by atoms with Crippen molar-refractivity contribution < 1.29 is 31.1 Å². The lowest BCUT2D eigenvalue weighted by Crippen LogP contribution is -2.57. The van der Waals surface area contributed by atoms with Crippen LogP contribution in [0.5, 0.6) is 5.88 Å². The fraction of sp³-hybridized carbons (Fsp3) is 0.478. The van der Waals surface area contributed by atoms with Crippen molar-refractivity contribution in [2.24, 2.45) is 0 Å². The van der Waals surface area contributed by atoms with Crippen molar-refractivity contribution in [1.29, 1.82) is 0 Å². The SMILES string of the molecule is [2H]C([2H])([2H])Oc1nc(N[C@@H]2CCN(C3COC3)C[C@@H]2F)nn2cc(F)c(-c3ccc4nnn(CC(F)F)c4c3)c12. The first-order chi connectivity index (χ1) is 19.1. The van der Waals surface area contributed by atoms with Gasteiger partial charge in [-0.15, -0.1) is 10.2 Å². The van der Waals surface area contributed by atoms with Crippen molar-refractivity contribution in [2.75, 3.05) is 38.7 Å². The molecule has 0 aliphatic carbocycles. The van der Waals surface area contributed by atoms with Crippen LogP contribution in [0.1, 0.15) is 10.5 Å². The summed E-state index contributed by atoms with van der Waals surface area (Å²) in [6, 6.07) is 3.90. The second-order valence-corrected chi connectivity index (χ2v) is 9.10. The third-order valence-corrected chi connectivity index (χ3v) is 6.79. The number of hydrogen-bond donors (Lipinski definition) is 1. The second-order valence-electron chi connectivity index (χ2n) is 9.10. The molecule has 2 aliphatic rings. The number of piperidine rings is 1. The first-order valence-corrected chi connectivity index (χ1v) is 11.7. The van der Waals surface area contributed by atoms with Gasteiger partial charge in [-0.3, -0.25) is 4.90 Å². The fourth-order valence-corrected chi connectivity index (χ4v) is 4.84. The smallest absolute Gasteiger partial charge is 0.258 e. The Morgan fingerprint density at radius 3 is 2.92 bits per heavy atom. The molecule has 37 heavy (non-hydrogen) atoms. The zero-order chi connectivity index (χ0) is 28.2. The standard InChI is InChI=1S/C23H24F4N8O2/c1-36-22-21-20(12-2-3-17-18(6-12)34(32-30-17)9-19(26)27)15(25)8-35(21)31-23(29-22)28-16-4-5-33(7-14(16)24)13-10-37-11-13/h2-3,6,8,13-14,16,19H,4-5,7,9-11H2,1H3,(H,28,31)/t14-,16+/m0/s1/i1D3. The number of fused-ring (bicyclic) bond motifs is 2. The van der Waals surface area contributed by atoms with Gasteiger partial charge in [0.2, 0.25) is 11.8 Å². The van der Waals surface area contributed by atoms with Crippen LogP contribution in [0.15, 0.2) is 24.4 Å². The molecule has 196 valence electrons. The van der Waals surface area contributed by atoms with Crippen LogP contribution in [0.2, 0.25) is 0 Å². The Labute approximate surface area is 212 Å². The van der Waals surface area contributed by atoms with E-state index in [2.05, 4.69) is 25.7 Å². The molecule has 0 amide bonds. The molecule has 6 rings (SSSR count). The maximum absolute atomic E-state index is 15.4. The molecule has 0 spiro atoms. The summed E-state index contributed by atoms with van der Waals surface area (Å²) < 4.78 is 91.7. The molecule has 1 N–H and O–H groups in total. The lowest BCUT2D eigenvalue weighted by atomic mass is 10.0. The number of methoxy groups -OCH3 is 1. The van der Waals surface area contributed by atoms with E-state index < -0.39 is 43.9 Å². The molecule has 2 fully saturated rings. The van der Waals surface area contributed by atoms with Crippen LogP contribution in [0, 0.1) is 5.82 Å². The number of alkyl halides is 3. The summed E-state index contributed by atoms with van der Waals surface area (Å²) in [5, 5.41) is 14.7. The molecule has 0 bridgehead atoms. The third-order valence-electron chi connectivity index (χ3n) is 6.79. The van der Waals surface area contributed by atoms with Crippen molar-refractivity contribution in [1.82, 2.24) is 34.5 Å². The van der Waals surface area contributed by atoms with Crippen molar-refractivity contribution >= 4 is 22.5 Å². The van der Waals surface area contributed by atoms with Gasteiger partial charge in [-0.05, 0) is 24.1 Å². The Hall–Kier alpha value is -3.52. The van der Waals surface area contributed by atoms with Gasteiger partial charge in [0.25, 0.3) is 6.43 Å². The van der Waals surface area contributed by atoms with E-state index in [0.29, 0.717) is 31.7 Å². The predicted octanol–water partition coefficient (Wildman–Crippen LogP) is 2.78. The number of nitrogens with one attached hydrogen (secondary N) is 1. The van der Waals surface area contributed by atoms with Gasteiger partial charge in [-0.2, -0.15) is 4.98 Å². The molecule has 0 unspecified atom stereocenters. The van der Waals surface area contributed by atoms with Gasteiger partial charge < -0.3 is 14.8 Å². The normalized spacial score (nSPS) is 22.7. The van der Waals surface area contributed by atoms with Crippen molar-refractivity contribution in [2.45, 2.75) is 37.6 Å². The van der Waals surface area contributed by atoms with E-state index in [1.165, 1.54) is 18.2 Å². The van der Waals surface area contributed by atoms with E-state index >= 15 is 8.78 Å². The molecule has 0 radical (unpaired) electrons. The van der Waals surface area contributed by atoms with E-state index in [0.717, 1.165) is 15.4 Å². The maximum Gasteiger partial charge on any atom is 0.258 e. The highest BCUT2D eigenvalue weighted by Crippen LogP contribution is 2.35. The molecule has 3 aromatic heterocycles. The number of nitrogens with zero attached hydrogens (tertiary/aromatic N) is 7. The monoisotopic (exact) mass is 523 g/mol. The number of likely N-dealkylation sites (tertiary alicyclic amines) is 1.